The number of anilines is 2. The smallest absolute Gasteiger partial charge is 0.291 e. The number of nitrogens with zero attached hydrogens (tertiary/aromatic N) is 4. The summed E-state index contributed by atoms with van der Waals surface area (Å²) in [4.78, 5) is 46.8. The van der Waals surface area contributed by atoms with Gasteiger partial charge in [-0.3, -0.25) is 28.9 Å². The second-order valence-corrected chi connectivity index (χ2v) is 14.2. The van der Waals surface area contributed by atoms with Crippen LogP contribution in [0.3, 0.4) is 0 Å². The lowest BCUT2D eigenvalue weighted by Crippen LogP contribution is -2.25. The van der Waals surface area contributed by atoms with E-state index in [0.717, 1.165) is 46.8 Å². The van der Waals surface area contributed by atoms with Crippen molar-refractivity contribution in [3.63, 3.8) is 0 Å². The molecule has 2 N–H and O–H groups in total. The summed E-state index contributed by atoms with van der Waals surface area (Å²) in [5.74, 6) is -0.173. The van der Waals surface area contributed by atoms with Gasteiger partial charge in [-0.2, -0.15) is 5.10 Å². The largest absolute Gasteiger partial charge is 0.493 e. The minimum absolute atomic E-state index is 0.103. The van der Waals surface area contributed by atoms with Gasteiger partial charge < -0.3 is 34.0 Å². The number of nitrogens with one attached hydrogen (secondary N) is 2. The molecule has 0 radical (unpaired) electrons. The van der Waals surface area contributed by atoms with Gasteiger partial charge in [-0.1, -0.05) is 30.3 Å². The number of para-hydroxylation sites is 1. The number of aromatic nitrogens is 3. The average Bonchev–Trinajstić information content (AvgIpc) is 3.54. The van der Waals surface area contributed by atoms with Crippen LogP contribution in [0, 0.1) is 6.92 Å². The molecule has 0 saturated carbocycles. The first-order valence-corrected chi connectivity index (χ1v) is 19.3. The van der Waals surface area contributed by atoms with Gasteiger partial charge in [0.05, 0.1) is 54.9 Å². The molecule has 0 spiro atoms. The molecule has 0 saturated heterocycles. The minimum atomic E-state index is -0.718. The van der Waals surface area contributed by atoms with Crippen molar-refractivity contribution in [3.05, 3.63) is 147 Å². The third-order valence-corrected chi connectivity index (χ3v) is 10.0. The quantitative estimate of drug-likeness (QED) is 0.0898. The molecule has 0 bridgehead atoms. The summed E-state index contributed by atoms with van der Waals surface area (Å²) in [6.07, 6.45) is 4.30. The van der Waals surface area contributed by atoms with Crippen molar-refractivity contribution in [1.82, 2.24) is 19.7 Å². The van der Waals surface area contributed by atoms with E-state index in [4.69, 9.17) is 23.4 Å². The Hall–Kier alpha value is -7.03. The first-order chi connectivity index (χ1) is 29.1. The maximum atomic E-state index is 13.8. The molecule has 7 rings (SSSR count). The summed E-state index contributed by atoms with van der Waals surface area (Å²) in [5, 5.41) is 11.7. The predicted molar refractivity (Wildman–Crippen MR) is 229 cm³/mol. The predicted octanol–water partition coefficient (Wildman–Crippen LogP) is 7.18. The fourth-order valence-corrected chi connectivity index (χ4v) is 7.00. The van der Waals surface area contributed by atoms with Gasteiger partial charge >= 0.3 is 0 Å². The van der Waals surface area contributed by atoms with Crippen LogP contribution >= 0.6 is 0 Å². The van der Waals surface area contributed by atoms with Crippen LogP contribution in [0.1, 0.15) is 43.3 Å². The van der Waals surface area contributed by atoms with Crippen LogP contribution in [0.4, 0.5) is 11.4 Å². The highest BCUT2D eigenvalue weighted by atomic mass is 16.5. The number of pyridine rings is 1. The zero-order valence-electron chi connectivity index (χ0n) is 34.1. The maximum Gasteiger partial charge on any atom is 0.291 e. The summed E-state index contributed by atoms with van der Waals surface area (Å²) in [6.45, 7) is 5.02. The van der Waals surface area contributed by atoms with E-state index < -0.39 is 11.8 Å². The maximum absolute atomic E-state index is 13.8. The second-order valence-electron chi connectivity index (χ2n) is 14.2. The van der Waals surface area contributed by atoms with Gasteiger partial charge in [0.25, 0.3) is 11.8 Å². The van der Waals surface area contributed by atoms with Crippen LogP contribution in [0.5, 0.6) is 17.2 Å². The Kier molecular flexibility index (Phi) is 12.8. The molecular weight excluding hydrogens is 765 g/mol. The van der Waals surface area contributed by atoms with Crippen molar-refractivity contribution in [2.24, 2.45) is 7.05 Å². The van der Waals surface area contributed by atoms with Crippen LogP contribution in [0.2, 0.25) is 0 Å². The minimum Gasteiger partial charge on any atom is -0.493 e. The Bertz CT molecular complexity index is 2710. The summed E-state index contributed by atoms with van der Waals surface area (Å²) >= 11 is 0. The number of rotatable bonds is 17. The molecule has 0 aliphatic heterocycles. The Balaban J connectivity index is 1.06. The van der Waals surface area contributed by atoms with Crippen molar-refractivity contribution < 1.29 is 33.0 Å². The van der Waals surface area contributed by atoms with E-state index in [9.17, 15) is 14.4 Å². The van der Waals surface area contributed by atoms with Crippen LogP contribution in [0.25, 0.3) is 21.9 Å². The number of ether oxygens (including phenoxy) is 4. The van der Waals surface area contributed by atoms with Gasteiger partial charge in [-0.25, -0.2) is 0 Å². The zero-order chi connectivity index (χ0) is 42.2. The molecular formula is C46H46N6O8. The van der Waals surface area contributed by atoms with Crippen molar-refractivity contribution >= 4 is 45.1 Å². The third kappa shape index (κ3) is 9.63. The molecule has 308 valence electrons. The van der Waals surface area contributed by atoms with Gasteiger partial charge in [-0.15, -0.1) is 0 Å². The first-order valence-electron chi connectivity index (χ1n) is 19.3. The molecule has 14 heteroatoms. The molecule has 0 aliphatic rings. The molecule has 3 heterocycles. The fourth-order valence-electron chi connectivity index (χ4n) is 7.00. The van der Waals surface area contributed by atoms with Crippen LogP contribution < -0.4 is 30.3 Å². The van der Waals surface area contributed by atoms with E-state index >= 15 is 0 Å². The van der Waals surface area contributed by atoms with Gasteiger partial charge in [0.15, 0.2) is 22.7 Å². The highest BCUT2D eigenvalue weighted by molar-refractivity contribution is 6.12. The second kappa shape index (κ2) is 18.7. The molecule has 4 aromatic carbocycles. The van der Waals surface area contributed by atoms with Crippen molar-refractivity contribution in [2.75, 3.05) is 51.7 Å². The highest BCUT2D eigenvalue weighted by Crippen LogP contribution is 2.34. The van der Waals surface area contributed by atoms with Gasteiger partial charge in [0.2, 0.25) is 0 Å². The summed E-state index contributed by atoms with van der Waals surface area (Å²) in [5.41, 5.74) is 6.01. The topological polar surface area (TPSA) is 159 Å². The first kappa shape index (κ1) is 41.1. The third-order valence-electron chi connectivity index (χ3n) is 10.0. The number of hydrogen-bond donors (Lipinski definition) is 2. The molecule has 60 heavy (non-hydrogen) atoms. The monoisotopic (exact) mass is 810 g/mol. The van der Waals surface area contributed by atoms with E-state index in [1.54, 1.807) is 37.6 Å². The SMILES string of the molecule is COCCOc1cncc(CN(CCc2ccc(NC(=O)c3cc(OC)c(OC)cc3NC(=O)c3cc(=O)c4ccccc4o3)cc2)Cc2ccc3c(c2)c(C)nn3C)c1. The summed E-state index contributed by atoms with van der Waals surface area (Å²) in [6, 6.07) is 26.8. The molecule has 0 unspecified atom stereocenters. The summed E-state index contributed by atoms with van der Waals surface area (Å²) in [7, 11) is 6.50. The van der Waals surface area contributed by atoms with Gasteiger partial charge in [0, 0.05) is 63.2 Å². The number of benzene rings is 4. The van der Waals surface area contributed by atoms with E-state index in [1.165, 1.54) is 31.9 Å². The molecule has 0 atom stereocenters. The van der Waals surface area contributed by atoms with Crippen LogP contribution in [-0.2, 0) is 31.3 Å². The molecule has 0 aliphatic carbocycles. The normalized spacial score (nSPS) is 11.2. The number of hydrogen-bond acceptors (Lipinski definition) is 11. The van der Waals surface area contributed by atoms with E-state index in [-0.39, 0.29) is 39.5 Å². The standard InChI is InChI=1S/C46H46N6O8/c1-29-36-21-31(12-15-39(36)51(2)50-29)27-52(28-32-20-34(26-47-25-32)59-19-18-56-3)17-16-30-10-13-33(14-11-30)48-45(54)37-22-42(57-4)43(58-5)23-38(37)49-46(55)44-24-40(53)35-8-6-7-9-41(35)60-44/h6-15,20-26H,16-19,27-28H2,1-5H3,(H,48,54)(H,49,55). The Labute approximate surface area is 346 Å². The Morgan fingerprint density at radius 1 is 0.783 bits per heavy atom. The van der Waals surface area contributed by atoms with Crippen molar-refractivity contribution in [2.45, 2.75) is 26.4 Å². The fraction of sp³-hybridized carbons (Fsp3) is 0.239. The lowest BCUT2D eigenvalue weighted by molar-refractivity contribution is 0.0997. The average molecular weight is 811 g/mol. The van der Waals surface area contributed by atoms with Gasteiger partial charge in [0.1, 0.15) is 17.9 Å². The number of aryl methyl sites for hydroxylation is 2. The zero-order valence-corrected chi connectivity index (χ0v) is 34.1. The van der Waals surface area contributed by atoms with E-state index in [2.05, 4.69) is 43.8 Å². The lowest BCUT2D eigenvalue weighted by Gasteiger charge is -2.23. The number of methoxy groups -OCH3 is 3. The van der Waals surface area contributed by atoms with Crippen LogP contribution in [0.15, 0.2) is 113 Å². The number of carbonyl (C=O) groups is 2. The number of fused-ring (bicyclic) bond motifs is 2. The lowest BCUT2D eigenvalue weighted by atomic mass is 10.1. The van der Waals surface area contributed by atoms with Gasteiger partial charge in [-0.05, 0) is 78.6 Å². The van der Waals surface area contributed by atoms with Crippen molar-refractivity contribution in [3.8, 4) is 17.2 Å². The number of carbonyl (C=O) groups excluding carboxylic acids is 2. The van der Waals surface area contributed by atoms with E-state index in [0.29, 0.717) is 43.1 Å². The van der Waals surface area contributed by atoms with Crippen LogP contribution in [-0.4, -0.2) is 72.6 Å². The Morgan fingerprint density at radius 3 is 2.32 bits per heavy atom. The molecule has 7 aromatic rings. The Morgan fingerprint density at radius 2 is 1.53 bits per heavy atom. The molecule has 3 aromatic heterocycles. The highest BCUT2D eigenvalue weighted by Gasteiger charge is 2.21. The summed E-state index contributed by atoms with van der Waals surface area (Å²) < 4.78 is 29.5. The molecule has 0 fully saturated rings. The molecule has 14 nitrogen and oxygen atoms in total. The van der Waals surface area contributed by atoms with E-state index in [1.807, 2.05) is 55.2 Å². The number of amides is 2. The molecule has 2 amide bonds. The van der Waals surface area contributed by atoms with Crippen molar-refractivity contribution in [1.29, 1.82) is 0 Å².